The number of aromatic nitrogens is 2. The molecule has 0 fully saturated rings. The molecule has 0 unspecified atom stereocenters. The van der Waals surface area contributed by atoms with E-state index in [0.717, 1.165) is 24.5 Å². The Labute approximate surface area is 117 Å². The van der Waals surface area contributed by atoms with Crippen molar-refractivity contribution in [3.8, 4) is 0 Å². The van der Waals surface area contributed by atoms with E-state index in [1.54, 1.807) is 4.90 Å². The molecule has 0 atom stereocenters. The zero-order valence-corrected chi connectivity index (χ0v) is 12.7. The van der Waals surface area contributed by atoms with Gasteiger partial charge in [0.05, 0.1) is 17.1 Å². The Morgan fingerprint density at radius 3 is 2.33 bits per heavy atom. The Kier molecular flexibility index (Phi) is 5.88. The Bertz CT molecular complexity index is 436. The van der Waals surface area contributed by atoms with Crippen LogP contribution in [0.25, 0.3) is 0 Å². The molecule has 0 aliphatic carbocycles. The topological polar surface area (TPSA) is 46.1 Å². The molecule has 1 amide bonds. The number of hydrogen-bond donors (Lipinski definition) is 0. The maximum atomic E-state index is 11.9. The Hall–Kier alpha value is -0.810. The number of nitrogens with zero attached hydrogens (tertiary/aromatic N) is 3. The second kappa shape index (κ2) is 6.95. The lowest BCUT2D eigenvalue weighted by Gasteiger charge is -2.18. The van der Waals surface area contributed by atoms with E-state index in [1.807, 2.05) is 27.7 Å². The summed E-state index contributed by atoms with van der Waals surface area (Å²) in [5.41, 5.74) is 1.66. The SMILES string of the molecule is CCN(CC)C(=O)CSc1nc(C)c(C)nc1Cl. The highest BCUT2D eigenvalue weighted by molar-refractivity contribution is 8.00. The van der Waals surface area contributed by atoms with E-state index >= 15 is 0 Å². The van der Waals surface area contributed by atoms with Gasteiger partial charge in [-0.05, 0) is 27.7 Å². The van der Waals surface area contributed by atoms with Gasteiger partial charge in [-0.2, -0.15) is 0 Å². The van der Waals surface area contributed by atoms with E-state index in [9.17, 15) is 4.79 Å². The molecule has 0 spiro atoms. The number of hydrogen-bond acceptors (Lipinski definition) is 4. The fourth-order valence-corrected chi connectivity index (χ4v) is 2.59. The Morgan fingerprint density at radius 1 is 1.22 bits per heavy atom. The van der Waals surface area contributed by atoms with Crippen molar-refractivity contribution in [3.05, 3.63) is 16.5 Å². The normalized spacial score (nSPS) is 10.5. The zero-order chi connectivity index (χ0) is 13.7. The highest BCUT2D eigenvalue weighted by atomic mass is 35.5. The van der Waals surface area contributed by atoms with E-state index in [-0.39, 0.29) is 5.91 Å². The van der Waals surface area contributed by atoms with Crippen molar-refractivity contribution in [3.63, 3.8) is 0 Å². The van der Waals surface area contributed by atoms with Crippen LogP contribution in [0.2, 0.25) is 5.15 Å². The summed E-state index contributed by atoms with van der Waals surface area (Å²) >= 11 is 7.35. The van der Waals surface area contributed by atoms with Gasteiger partial charge < -0.3 is 4.90 Å². The van der Waals surface area contributed by atoms with Crippen LogP contribution in [0, 0.1) is 13.8 Å². The first kappa shape index (κ1) is 15.2. The summed E-state index contributed by atoms with van der Waals surface area (Å²) in [5, 5.41) is 0.996. The molecule has 1 rings (SSSR count). The molecule has 0 aliphatic heterocycles. The molecule has 100 valence electrons. The van der Waals surface area contributed by atoms with Crippen molar-refractivity contribution >= 4 is 29.3 Å². The smallest absolute Gasteiger partial charge is 0.232 e. The molecular formula is C12H18ClN3OS. The number of halogens is 1. The summed E-state index contributed by atoms with van der Waals surface area (Å²) in [5.74, 6) is 0.444. The highest BCUT2D eigenvalue weighted by Crippen LogP contribution is 2.24. The lowest BCUT2D eigenvalue weighted by molar-refractivity contribution is -0.127. The molecule has 1 aromatic heterocycles. The second-order valence-electron chi connectivity index (χ2n) is 3.85. The first-order valence-electron chi connectivity index (χ1n) is 5.90. The highest BCUT2D eigenvalue weighted by Gasteiger charge is 2.13. The van der Waals surface area contributed by atoms with Gasteiger partial charge in [-0.1, -0.05) is 23.4 Å². The molecule has 0 N–H and O–H groups in total. The van der Waals surface area contributed by atoms with Gasteiger partial charge in [0.1, 0.15) is 5.03 Å². The first-order valence-corrected chi connectivity index (χ1v) is 7.27. The maximum Gasteiger partial charge on any atom is 0.232 e. The number of carbonyl (C=O) groups is 1. The van der Waals surface area contributed by atoms with Gasteiger partial charge in [-0.25, -0.2) is 9.97 Å². The number of thioether (sulfide) groups is 1. The lowest BCUT2D eigenvalue weighted by Crippen LogP contribution is -2.31. The summed E-state index contributed by atoms with van der Waals surface area (Å²) < 4.78 is 0. The first-order chi connectivity index (χ1) is 8.49. The Balaban J connectivity index is 2.69. The van der Waals surface area contributed by atoms with Gasteiger partial charge in [0.25, 0.3) is 0 Å². The third-order valence-electron chi connectivity index (χ3n) is 2.68. The van der Waals surface area contributed by atoms with Gasteiger partial charge >= 0.3 is 0 Å². The predicted molar refractivity (Wildman–Crippen MR) is 75.2 cm³/mol. The van der Waals surface area contributed by atoms with Crippen LogP contribution in [0.1, 0.15) is 25.2 Å². The lowest BCUT2D eigenvalue weighted by atomic mass is 10.4. The average molecular weight is 288 g/mol. The van der Waals surface area contributed by atoms with Crippen molar-refractivity contribution in [2.75, 3.05) is 18.8 Å². The van der Waals surface area contributed by atoms with Crippen LogP contribution < -0.4 is 0 Å². The molecule has 18 heavy (non-hydrogen) atoms. The van der Waals surface area contributed by atoms with Gasteiger partial charge in [0.15, 0.2) is 5.15 Å². The average Bonchev–Trinajstić information content (AvgIpc) is 2.33. The summed E-state index contributed by atoms with van der Waals surface area (Å²) in [7, 11) is 0. The van der Waals surface area contributed by atoms with Gasteiger partial charge in [0.2, 0.25) is 5.91 Å². The van der Waals surface area contributed by atoms with Crippen LogP contribution in [0.5, 0.6) is 0 Å². The molecular weight excluding hydrogens is 270 g/mol. The molecule has 1 aromatic rings. The van der Waals surface area contributed by atoms with E-state index < -0.39 is 0 Å². The number of carbonyl (C=O) groups excluding carboxylic acids is 1. The largest absolute Gasteiger partial charge is 0.343 e. The zero-order valence-electron chi connectivity index (χ0n) is 11.2. The van der Waals surface area contributed by atoms with Crippen LogP contribution in [0.4, 0.5) is 0 Å². The van der Waals surface area contributed by atoms with Crippen molar-refractivity contribution in [1.29, 1.82) is 0 Å². The number of rotatable bonds is 5. The maximum absolute atomic E-state index is 11.9. The summed E-state index contributed by atoms with van der Waals surface area (Å²) in [6.07, 6.45) is 0. The summed E-state index contributed by atoms with van der Waals surface area (Å²) in [4.78, 5) is 22.2. The molecule has 0 saturated carbocycles. The van der Waals surface area contributed by atoms with E-state index in [0.29, 0.717) is 15.9 Å². The van der Waals surface area contributed by atoms with Crippen LogP contribution in [0.3, 0.4) is 0 Å². The fraction of sp³-hybridized carbons (Fsp3) is 0.583. The third-order valence-corrected chi connectivity index (χ3v) is 4.01. The summed E-state index contributed by atoms with van der Waals surface area (Å²) in [6.45, 7) is 9.13. The van der Waals surface area contributed by atoms with E-state index in [4.69, 9.17) is 11.6 Å². The monoisotopic (exact) mass is 287 g/mol. The predicted octanol–water partition coefficient (Wildman–Crippen LogP) is 2.71. The van der Waals surface area contributed by atoms with Crippen molar-refractivity contribution in [1.82, 2.24) is 14.9 Å². The molecule has 0 aliphatic rings. The molecule has 6 heteroatoms. The van der Waals surface area contributed by atoms with Gasteiger partial charge in [0, 0.05) is 13.1 Å². The standard InChI is InChI=1S/C12H18ClN3OS/c1-5-16(6-2)10(17)7-18-12-11(13)14-8(3)9(4)15-12/h5-7H2,1-4H3. The van der Waals surface area contributed by atoms with Crippen LogP contribution in [-0.2, 0) is 4.79 Å². The van der Waals surface area contributed by atoms with E-state index in [1.165, 1.54) is 11.8 Å². The quantitative estimate of drug-likeness (QED) is 0.781. The van der Waals surface area contributed by atoms with E-state index in [2.05, 4.69) is 9.97 Å². The molecule has 0 saturated heterocycles. The van der Waals surface area contributed by atoms with Gasteiger partial charge in [-0.15, -0.1) is 0 Å². The molecule has 1 heterocycles. The molecule has 4 nitrogen and oxygen atoms in total. The van der Waals surface area contributed by atoms with Crippen molar-refractivity contribution in [2.24, 2.45) is 0 Å². The van der Waals surface area contributed by atoms with Crippen LogP contribution in [-0.4, -0.2) is 39.6 Å². The third kappa shape index (κ3) is 3.85. The molecule has 0 bridgehead atoms. The minimum Gasteiger partial charge on any atom is -0.343 e. The van der Waals surface area contributed by atoms with Crippen LogP contribution in [0.15, 0.2) is 5.03 Å². The molecule has 0 radical (unpaired) electrons. The second-order valence-corrected chi connectivity index (χ2v) is 5.17. The fourth-order valence-electron chi connectivity index (χ4n) is 1.44. The Morgan fingerprint density at radius 2 is 1.78 bits per heavy atom. The van der Waals surface area contributed by atoms with Crippen molar-refractivity contribution < 1.29 is 4.79 Å². The number of amides is 1. The van der Waals surface area contributed by atoms with Gasteiger partial charge in [-0.3, -0.25) is 4.79 Å². The van der Waals surface area contributed by atoms with Crippen molar-refractivity contribution in [2.45, 2.75) is 32.7 Å². The minimum absolute atomic E-state index is 0.0982. The number of aryl methyl sites for hydroxylation is 2. The van der Waals surface area contributed by atoms with Crippen LogP contribution >= 0.6 is 23.4 Å². The minimum atomic E-state index is 0.0982. The summed E-state index contributed by atoms with van der Waals surface area (Å²) in [6, 6.07) is 0. The molecule has 0 aromatic carbocycles.